The minimum absolute atomic E-state index is 0.199. The number of likely N-dealkylation sites (tertiary alicyclic amines) is 1. The van der Waals surface area contributed by atoms with Gasteiger partial charge in [0.1, 0.15) is 11.4 Å². The molecule has 0 atom stereocenters. The summed E-state index contributed by atoms with van der Waals surface area (Å²) in [6.07, 6.45) is 2.66. The van der Waals surface area contributed by atoms with Gasteiger partial charge in [-0.15, -0.1) is 0 Å². The van der Waals surface area contributed by atoms with Crippen molar-refractivity contribution in [2.24, 2.45) is 0 Å². The summed E-state index contributed by atoms with van der Waals surface area (Å²) in [5.74, 6) is 0.355. The molecule has 0 radical (unpaired) electrons. The second-order valence-electron chi connectivity index (χ2n) is 7.28. The SMILES string of the molecule is COc1ccc(CCN2C(=O)C(c3ccc(Cl)cc3)=C(N3CCCC3)C2=O)cc1. The second kappa shape index (κ2) is 8.29. The molecule has 1 fully saturated rings. The number of halogens is 1. The number of hydrogen-bond acceptors (Lipinski definition) is 4. The van der Waals surface area contributed by atoms with E-state index in [-0.39, 0.29) is 11.8 Å². The summed E-state index contributed by atoms with van der Waals surface area (Å²) >= 11 is 6.02. The Balaban J connectivity index is 1.60. The topological polar surface area (TPSA) is 49.9 Å². The molecule has 29 heavy (non-hydrogen) atoms. The van der Waals surface area contributed by atoms with Crippen molar-refractivity contribution in [1.82, 2.24) is 9.80 Å². The average molecular weight is 411 g/mol. The maximum absolute atomic E-state index is 13.3. The van der Waals surface area contributed by atoms with Crippen LogP contribution in [0.3, 0.4) is 0 Å². The third-order valence-electron chi connectivity index (χ3n) is 5.48. The summed E-state index contributed by atoms with van der Waals surface area (Å²) in [6, 6.07) is 14.8. The van der Waals surface area contributed by atoms with E-state index in [4.69, 9.17) is 16.3 Å². The van der Waals surface area contributed by atoms with Crippen LogP contribution in [0.4, 0.5) is 0 Å². The molecule has 0 bridgehead atoms. The summed E-state index contributed by atoms with van der Waals surface area (Å²) in [5.41, 5.74) is 2.81. The van der Waals surface area contributed by atoms with Gasteiger partial charge in [-0.25, -0.2) is 0 Å². The summed E-state index contributed by atoms with van der Waals surface area (Å²) in [6.45, 7) is 1.95. The third-order valence-corrected chi connectivity index (χ3v) is 5.73. The quantitative estimate of drug-likeness (QED) is 0.680. The molecule has 2 aromatic rings. The third kappa shape index (κ3) is 3.87. The van der Waals surface area contributed by atoms with Crippen LogP contribution in [0.15, 0.2) is 54.2 Å². The Morgan fingerprint density at radius 3 is 2.21 bits per heavy atom. The van der Waals surface area contributed by atoms with Crippen LogP contribution in [0.5, 0.6) is 5.75 Å². The van der Waals surface area contributed by atoms with E-state index in [2.05, 4.69) is 4.90 Å². The zero-order valence-electron chi connectivity index (χ0n) is 16.4. The van der Waals surface area contributed by atoms with Crippen LogP contribution in [-0.2, 0) is 16.0 Å². The summed E-state index contributed by atoms with van der Waals surface area (Å²) in [5, 5.41) is 0.602. The molecule has 2 aliphatic rings. The van der Waals surface area contributed by atoms with Gasteiger partial charge in [-0.3, -0.25) is 14.5 Å². The van der Waals surface area contributed by atoms with Crippen LogP contribution in [0, 0.1) is 0 Å². The van der Waals surface area contributed by atoms with Crippen LogP contribution in [0.1, 0.15) is 24.0 Å². The fraction of sp³-hybridized carbons (Fsp3) is 0.304. The molecule has 0 spiro atoms. The van der Waals surface area contributed by atoms with E-state index in [9.17, 15) is 9.59 Å². The van der Waals surface area contributed by atoms with Crippen LogP contribution in [-0.4, -0.2) is 48.4 Å². The predicted molar refractivity (Wildman–Crippen MR) is 113 cm³/mol. The number of imide groups is 1. The van der Waals surface area contributed by atoms with Crippen LogP contribution in [0.2, 0.25) is 5.02 Å². The zero-order chi connectivity index (χ0) is 20.4. The van der Waals surface area contributed by atoms with Gasteiger partial charge in [0.2, 0.25) is 0 Å². The lowest BCUT2D eigenvalue weighted by molar-refractivity contribution is -0.137. The van der Waals surface area contributed by atoms with Crippen LogP contribution >= 0.6 is 11.6 Å². The fourth-order valence-corrected chi connectivity index (χ4v) is 4.04. The molecule has 5 nitrogen and oxygen atoms in total. The lowest BCUT2D eigenvalue weighted by atomic mass is 10.0. The second-order valence-corrected chi connectivity index (χ2v) is 7.72. The number of amides is 2. The molecule has 150 valence electrons. The summed E-state index contributed by atoms with van der Waals surface area (Å²) in [7, 11) is 1.63. The molecule has 0 aromatic heterocycles. The predicted octanol–water partition coefficient (Wildman–Crippen LogP) is 3.77. The number of hydrogen-bond donors (Lipinski definition) is 0. The van der Waals surface area contributed by atoms with Crippen molar-refractivity contribution in [3.63, 3.8) is 0 Å². The molecule has 0 N–H and O–H groups in total. The van der Waals surface area contributed by atoms with E-state index in [1.54, 1.807) is 19.2 Å². The van der Waals surface area contributed by atoms with Crippen molar-refractivity contribution in [2.45, 2.75) is 19.3 Å². The van der Waals surface area contributed by atoms with Crippen molar-refractivity contribution < 1.29 is 14.3 Å². The zero-order valence-corrected chi connectivity index (χ0v) is 17.1. The van der Waals surface area contributed by atoms with Crippen molar-refractivity contribution >= 4 is 29.0 Å². The molecule has 2 heterocycles. The fourth-order valence-electron chi connectivity index (χ4n) is 3.91. The van der Waals surface area contributed by atoms with Gasteiger partial charge in [-0.05, 0) is 54.7 Å². The van der Waals surface area contributed by atoms with Gasteiger partial charge in [-0.2, -0.15) is 0 Å². The molecule has 0 unspecified atom stereocenters. The Bertz CT molecular complexity index is 945. The summed E-state index contributed by atoms with van der Waals surface area (Å²) in [4.78, 5) is 29.9. The van der Waals surface area contributed by atoms with E-state index in [1.165, 1.54) is 4.90 Å². The smallest absolute Gasteiger partial charge is 0.277 e. The molecular formula is C23H23ClN2O3. The number of carbonyl (C=O) groups excluding carboxylic acids is 2. The van der Waals surface area contributed by atoms with Crippen molar-refractivity contribution in [3.8, 4) is 5.75 Å². The minimum Gasteiger partial charge on any atom is -0.497 e. The van der Waals surface area contributed by atoms with Gasteiger partial charge >= 0.3 is 0 Å². The van der Waals surface area contributed by atoms with Gasteiger partial charge in [-0.1, -0.05) is 35.9 Å². The maximum Gasteiger partial charge on any atom is 0.277 e. The van der Waals surface area contributed by atoms with Gasteiger partial charge in [0.05, 0.1) is 12.7 Å². The van der Waals surface area contributed by atoms with Crippen molar-refractivity contribution in [3.05, 3.63) is 70.4 Å². The molecule has 0 saturated carbocycles. The van der Waals surface area contributed by atoms with E-state index < -0.39 is 0 Å². The Kier molecular flexibility index (Phi) is 5.58. The first kappa shape index (κ1) is 19.5. The summed E-state index contributed by atoms with van der Waals surface area (Å²) < 4.78 is 5.18. The first-order valence-electron chi connectivity index (χ1n) is 9.83. The minimum atomic E-state index is -0.229. The molecule has 0 aliphatic carbocycles. The standard InChI is InChI=1S/C23H23ClN2O3/c1-29-19-10-4-16(5-11-19)12-15-26-22(27)20(17-6-8-18(24)9-7-17)21(23(26)28)25-13-2-3-14-25/h4-11H,2-3,12-15H2,1H3. The number of nitrogens with zero attached hydrogens (tertiary/aromatic N) is 2. The van der Waals surface area contributed by atoms with Crippen LogP contribution < -0.4 is 4.74 Å². The first-order chi connectivity index (χ1) is 14.1. The highest BCUT2D eigenvalue weighted by atomic mass is 35.5. The van der Waals surface area contributed by atoms with Crippen molar-refractivity contribution in [1.29, 1.82) is 0 Å². The largest absolute Gasteiger partial charge is 0.497 e. The monoisotopic (exact) mass is 410 g/mol. The first-order valence-corrected chi connectivity index (χ1v) is 10.2. The Morgan fingerprint density at radius 2 is 1.59 bits per heavy atom. The number of carbonyl (C=O) groups is 2. The van der Waals surface area contributed by atoms with E-state index >= 15 is 0 Å². The Hall–Kier alpha value is -2.79. The Morgan fingerprint density at radius 1 is 0.931 bits per heavy atom. The lowest BCUT2D eigenvalue weighted by Gasteiger charge is -2.20. The molecule has 4 rings (SSSR count). The molecule has 2 amide bonds. The average Bonchev–Trinajstić information content (AvgIpc) is 3.34. The highest BCUT2D eigenvalue weighted by Crippen LogP contribution is 2.34. The van der Waals surface area contributed by atoms with Crippen LogP contribution in [0.25, 0.3) is 5.57 Å². The number of benzene rings is 2. The normalized spacial score (nSPS) is 16.9. The van der Waals surface area contributed by atoms with E-state index in [1.807, 2.05) is 36.4 Å². The highest BCUT2D eigenvalue weighted by Gasteiger charge is 2.41. The Labute approximate surface area is 175 Å². The molecule has 2 aromatic carbocycles. The lowest BCUT2D eigenvalue weighted by Crippen LogP contribution is -2.36. The van der Waals surface area contributed by atoms with Gasteiger partial charge in [0.25, 0.3) is 11.8 Å². The number of ether oxygens (including phenoxy) is 1. The van der Waals surface area contributed by atoms with Gasteiger partial charge < -0.3 is 9.64 Å². The van der Waals surface area contributed by atoms with Gasteiger partial charge in [0, 0.05) is 24.7 Å². The number of rotatable bonds is 6. The maximum atomic E-state index is 13.3. The molecule has 1 saturated heterocycles. The number of methoxy groups -OCH3 is 1. The molecule has 2 aliphatic heterocycles. The van der Waals surface area contributed by atoms with E-state index in [0.717, 1.165) is 42.8 Å². The highest BCUT2D eigenvalue weighted by molar-refractivity contribution is 6.36. The molecular weight excluding hydrogens is 388 g/mol. The van der Waals surface area contributed by atoms with Gasteiger partial charge in [0.15, 0.2) is 0 Å². The molecule has 6 heteroatoms. The van der Waals surface area contributed by atoms with Crippen molar-refractivity contribution in [2.75, 3.05) is 26.7 Å². The van der Waals surface area contributed by atoms with E-state index in [0.29, 0.717) is 29.3 Å².